The number of piperidine rings is 1. The molecule has 3 nitrogen and oxygen atoms in total. The Labute approximate surface area is 92.8 Å². The van der Waals surface area contributed by atoms with E-state index in [0.717, 1.165) is 19.0 Å². The number of nitrogens with one attached hydrogen (secondary N) is 1. The minimum atomic E-state index is -0.309. The second-order valence-electron chi connectivity index (χ2n) is 5.01. The van der Waals surface area contributed by atoms with E-state index in [-0.39, 0.29) is 6.23 Å². The third-order valence-electron chi connectivity index (χ3n) is 3.86. The van der Waals surface area contributed by atoms with Gasteiger partial charge in [-0.2, -0.15) is 0 Å². The standard InChI is InChI=1S/C12H24N2O/c1-2-12(15)13-10-5-4-8-14(9-10)11-6-3-7-11/h10-13,15H,2-9H2,1H3. The van der Waals surface area contributed by atoms with Crippen LogP contribution in [0.2, 0.25) is 0 Å². The Morgan fingerprint density at radius 3 is 2.73 bits per heavy atom. The summed E-state index contributed by atoms with van der Waals surface area (Å²) in [7, 11) is 0. The molecule has 0 aromatic carbocycles. The van der Waals surface area contributed by atoms with Crippen LogP contribution in [0.5, 0.6) is 0 Å². The Morgan fingerprint density at radius 1 is 1.33 bits per heavy atom. The summed E-state index contributed by atoms with van der Waals surface area (Å²) in [4.78, 5) is 2.62. The molecule has 2 aliphatic rings. The van der Waals surface area contributed by atoms with Crippen molar-refractivity contribution in [2.45, 2.75) is 63.8 Å². The Hall–Kier alpha value is -0.120. The van der Waals surface area contributed by atoms with Crippen molar-refractivity contribution in [3.63, 3.8) is 0 Å². The molecule has 2 N–H and O–H groups in total. The van der Waals surface area contributed by atoms with E-state index in [1.807, 2.05) is 6.92 Å². The lowest BCUT2D eigenvalue weighted by atomic mass is 9.89. The predicted octanol–water partition coefficient (Wildman–Crippen LogP) is 1.32. The zero-order valence-electron chi connectivity index (χ0n) is 9.78. The number of aliphatic hydroxyl groups is 1. The van der Waals surface area contributed by atoms with Crippen LogP contribution >= 0.6 is 0 Å². The van der Waals surface area contributed by atoms with Gasteiger partial charge >= 0.3 is 0 Å². The predicted molar refractivity (Wildman–Crippen MR) is 61.7 cm³/mol. The van der Waals surface area contributed by atoms with Gasteiger partial charge in [0.05, 0.1) is 0 Å². The van der Waals surface area contributed by atoms with Crippen molar-refractivity contribution in [3.05, 3.63) is 0 Å². The first kappa shape index (κ1) is 11.4. The molecule has 2 unspecified atom stereocenters. The maximum absolute atomic E-state index is 9.58. The number of hydrogen-bond acceptors (Lipinski definition) is 3. The molecule has 2 rings (SSSR count). The molecule has 3 heteroatoms. The zero-order chi connectivity index (χ0) is 10.7. The number of rotatable bonds is 4. The second kappa shape index (κ2) is 5.28. The van der Waals surface area contributed by atoms with Gasteiger partial charge in [-0.25, -0.2) is 0 Å². The molecule has 88 valence electrons. The molecule has 0 bridgehead atoms. The summed E-state index contributed by atoms with van der Waals surface area (Å²) in [5.74, 6) is 0. The summed E-state index contributed by atoms with van der Waals surface area (Å²) in [6, 6.07) is 1.36. The van der Waals surface area contributed by atoms with E-state index in [0.29, 0.717) is 6.04 Å². The van der Waals surface area contributed by atoms with Gasteiger partial charge in [-0.05, 0) is 38.6 Å². The first-order chi connectivity index (χ1) is 7.29. The van der Waals surface area contributed by atoms with Gasteiger partial charge in [-0.3, -0.25) is 10.2 Å². The molecule has 0 aromatic heterocycles. The van der Waals surface area contributed by atoms with Crippen molar-refractivity contribution in [1.29, 1.82) is 0 Å². The largest absolute Gasteiger partial charge is 0.379 e. The number of aliphatic hydroxyl groups excluding tert-OH is 1. The van der Waals surface area contributed by atoms with Gasteiger partial charge in [-0.1, -0.05) is 13.3 Å². The maximum Gasteiger partial charge on any atom is 0.104 e. The van der Waals surface area contributed by atoms with Gasteiger partial charge in [0.15, 0.2) is 0 Å². The molecule has 1 heterocycles. The van der Waals surface area contributed by atoms with Crippen LogP contribution < -0.4 is 5.32 Å². The summed E-state index contributed by atoms with van der Waals surface area (Å²) < 4.78 is 0. The van der Waals surface area contributed by atoms with Crippen LogP contribution in [0.3, 0.4) is 0 Å². The molecule has 0 radical (unpaired) electrons. The van der Waals surface area contributed by atoms with E-state index in [4.69, 9.17) is 0 Å². The fourth-order valence-corrected chi connectivity index (χ4v) is 2.62. The first-order valence-corrected chi connectivity index (χ1v) is 6.47. The molecule has 0 aromatic rings. The molecule has 2 fully saturated rings. The smallest absolute Gasteiger partial charge is 0.104 e. The lowest BCUT2D eigenvalue weighted by molar-refractivity contribution is 0.0561. The Balaban J connectivity index is 1.76. The van der Waals surface area contributed by atoms with Gasteiger partial charge in [-0.15, -0.1) is 0 Å². The van der Waals surface area contributed by atoms with Gasteiger partial charge in [0.2, 0.25) is 0 Å². The van der Waals surface area contributed by atoms with E-state index in [1.165, 1.54) is 38.6 Å². The molecule has 1 saturated heterocycles. The fourth-order valence-electron chi connectivity index (χ4n) is 2.62. The first-order valence-electron chi connectivity index (χ1n) is 6.47. The van der Waals surface area contributed by atoms with E-state index >= 15 is 0 Å². The highest BCUT2D eigenvalue weighted by molar-refractivity contribution is 4.86. The van der Waals surface area contributed by atoms with Gasteiger partial charge in [0.1, 0.15) is 6.23 Å². The van der Waals surface area contributed by atoms with Crippen LogP contribution in [-0.2, 0) is 0 Å². The quantitative estimate of drug-likeness (QED) is 0.690. The lowest BCUT2D eigenvalue weighted by Gasteiger charge is -2.43. The molecule has 1 saturated carbocycles. The second-order valence-corrected chi connectivity index (χ2v) is 5.01. The average molecular weight is 212 g/mol. The summed E-state index contributed by atoms with van der Waals surface area (Å²) >= 11 is 0. The van der Waals surface area contributed by atoms with Crippen molar-refractivity contribution in [3.8, 4) is 0 Å². The SMILES string of the molecule is CCC(O)NC1CCCN(C2CCC2)C1. The van der Waals surface area contributed by atoms with Crippen molar-refractivity contribution in [2.24, 2.45) is 0 Å². The molecular weight excluding hydrogens is 188 g/mol. The molecule has 0 amide bonds. The Kier molecular flexibility index (Phi) is 4.00. The molecule has 15 heavy (non-hydrogen) atoms. The highest BCUT2D eigenvalue weighted by atomic mass is 16.3. The van der Waals surface area contributed by atoms with E-state index in [1.54, 1.807) is 0 Å². The van der Waals surface area contributed by atoms with Crippen molar-refractivity contribution in [2.75, 3.05) is 13.1 Å². The zero-order valence-corrected chi connectivity index (χ0v) is 9.78. The Bertz CT molecular complexity index is 194. The molecule has 1 aliphatic carbocycles. The molecular formula is C12H24N2O. The number of hydrogen-bond donors (Lipinski definition) is 2. The Morgan fingerprint density at radius 2 is 2.13 bits per heavy atom. The lowest BCUT2D eigenvalue weighted by Crippen LogP contribution is -2.53. The van der Waals surface area contributed by atoms with Crippen LogP contribution in [0.15, 0.2) is 0 Å². The average Bonchev–Trinajstić information content (AvgIpc) is 2.15. The summed E-state index contributed by atoms with van der Waals surface area (Å²) in [5.41, 5.74) is 0. The summed E-state index contributed by atoms with van der Waals surface area (Å²) in [5, 5.41) is 12.9. The third-order valence-corrected chi connectivity index (χ3v) is 3.86. The van der Waals surface area contributed by atoms with Crippen LogP contribution in [0, 0.1) is 0 Å². The van der Waals surface area contributed by atoms with Crippen LogP contribution in [-0.4, -0.2) is 41.4 Å². The number of likely N-dealkylation sites (tertiary alicyclic amines) is 1. The number of nitrogens with zero attached hydrogens (tertiary/aromatic N) is 1. The van der Waals surface area contributed by atoms with Crippen LogP contribution in [0.1, 0.15) is 45.4 Å². The topological polar surface area (TPSA) is 35.5 Å². The third kappa shape index (κ3) is 2.92. The van der Waals surface area contributed by atoms with Crippen molar-refractivity contribution < 1.29 is 5.11 Å². The van der Waals surface area contributed by atoms with Crippen molar-refractivity contribution >= 4 is 0 Å². The van der Waals surface area contributed by atoms with Crippen LogP contribution in [0.4, 0.5) is 0 Å². The van der Waals surface area contributed by atoms with Crippen LogP contribution in [0.25, 0.3) is 0 Å². The van der Waals surface area contributed by atoms with E-state index in [9.17, 15) is 5.11 Å². The van der Waals surface area contributed by atoms with Gasteiger partial charge in [0.25, 0.3) is 0 Å². The summed E-state index contributed by atoms with van der Waals surface area (Å²) in [6.07, 6.45) is 7.20. The molecule has 0 spiro atoms. The fraction of sp³-hybridized carbons (Fsp3) is 1.00. The highest BCUT2D eigenvalue weighted by Gasteiger charge is 2.29. The summed E-state index contributed by atoms with van der Waals surface area (Å²) in [6.45, 7) is 4.43. The van der Waals surface area contributed by atoms with Crippen molar-refractivity contribution in [1.82, 2.24) is 10.2 Å². The van der Waals surface area contributed by atoms with E-state index in [2.05, 4.69) is 10.2 Å². The van der Waals surface area contributed by atoms with E-state index < -0.39 is 0 Å². The highest BCUT2D eigenvalue weighted by Crippen LogP contribution is 2.27. The van der Waals surface area contributed by atoms with Gasteiger partial charge in [0, 0.05) is 18.6 Å². The normalized spacial score (nSPS) is 31.2. The molecule has 1 aliphatic heterocycles. The minimum absolute atomic E-state index is 0.309. The maximum atomic E-state index is 9.58. The van der Waals surface area contributed by atoms with Gasteiger partial charge < -0.3 is 5.11 Å². The monoisotopic (exact) mass is 212 g/mol. The minimum Gasteiger partial charge on any atom is -0.379 e. The molecule has 2 atom stereocenters.